The SMILES string of the molecule is Cc1cnc(NC(=O)[C@H]2CCC[C@@H](NC(=O)CC#N)C2)cc1-c1ccc(N2c3c(F)cccc3C(C(C)C)N2C)[nH]1. The Hall–Kier alpha value is -4.23. The number of aryl methyl sites for hydroxylation is 1. The molecule has 0 radical (unpaired) electrons. The third kappa shape index (κ3) is 5.68. The van der Waals surface area contributed by atoms with Crippen molar-refractivity contribution < 1.29 is 14.0 Å². The van der Waals surface area contributed by atoms with E-state index in [-0.39, 0.29) is 48.0 Å². The fourth-order valence-electron chi connectivity index (χ4n) is 6.24. The number of carbonyl (C=O) groups excluding carboxylic acids is 2. The zero-order chi connectivity index (χ0) is 29.3. The smallest absolute Gasteiger partial charge is 0.234 e. The molecule has 1 unspecified atom stereocenters. The first-order valence-corrected chi connectivity index (χ1v) is 14.1. The van der Waals surface area contributed by atoms with E-state index in [1.807, 2.05) is 49.3 Å². The average molecular weight is 558 g/mol. The van der Waals surface area contributed by atoms with Crippen molar-refractivity contribution in [2.75, 3.05) is 17.4 Å². The van der Waals surface area contributed by atoms with E-state index in [2.05, 4.69) is 39.5 Å². The minimum atomic E-state index is -0.306. The molecule has 3 N–H and O–H groups in total. The number of nitrogens with zero attached hydrogens (tertiary/aromatic N) is 4. The molecule has 1 fully saturated rings. The molecule has 9 nitrogen and oxygen atoms in total. The molecule has 2 amide bonds. The van der Waals surface area contributed by atoms with E-state index < -0.39 is 0 Å². The molecule has 1 aromatic carbocycles. The summed E-state index contributed by atoms with van der Waals surface area (Å²) < 4.78 is 15.1. The van der Waals surface area contributed by atoms with Crippen LogP contribution in [-0.2, 0) is 9.59 Å². The van der Waals surface area contributed by atoms with Gasteiger partial charge in [-0.25, -0.2) is 14.4 Å². The van der Waals surface area contributed by atoms with E-state index in [0.29, 0.717) is 17.9 Å². The number of amides is 2. The molecule has 1 saturated carbocycles. The monoisotopic (exact) mass is 557 g/mol. The number of H-pyrrole nitrogens is 1. The van der Waals surface area contributed by atoms with Crippen LogP contribution in [0.2, 0.25) is 0 Å². The zero-order valence-corrected chi connectivity index (χ0v) is 23.9. The van der Waals surface area contributed by atoms with Gasteiger partial charge in [0.05, 0.1) is 12.1 Å². The summed E-state index contributed by atoms with van der Waals surface area (Å²) in [6.07, 6.45) is 4.41. The van der Waals surface area contributed by atoms with Crippen LogP contribution >= 0.6 is 0 Å². The molecule has 5 rings (SSSR count). The van der Waals surface area contributed by atoms with Crippen molar-refractivity contribution in [3.05, 3.63) is 59.5 Å². The van der Waals surface area contributed by atoms with E-state index in [4.69, 9.17) is 5.26 Å². The molecule has 3 aromatic rings. The molecule has 10 heteroatoms. The Balaban J connectivity index is 1.34. The quantitative estimate of drug-likeness (QED) is 0.341. The van der Waals surface area contributed by atoms with Crippen molar-refractivity contribution in [2.24, 2.45) is 11.8 Å². The van der Waals surface area contributed by atoms with Crippen LogP contribution in [0.15, 0.2) is 42.6 Å². The molecule has 41 heavy (non-hydrogen) atoms. The number of pyridine rings is 1. The topological polar surface area (TPSA) is 117 Å². The van der Waals surface area contributed by atoms with Gasteiger partial charge in [0.15, 0.2) is 0 Å². The fourth-order valence-corrected chi connectivity index (χ4v) is 6.24. The summed E-state index contributed by atoms with van der Waals surface area (Å²) in [6, 6.07) is 12.7. The summed E-state index contributed by atoms with van der Waals surface area (Å²) in [7, 11) is 1.97. The molecule has 3 heterocycles. The number of hydrogen-bond donors (Lipinski definition) is 3. The van der Waals surface area contributed by atoms with Crippen LogP contribution in [0.25, 0.3) is 11.3 Å². The number of halogens is 1. The molecule has 0 bridgehead atoms. The number of nitrogens with one attached hydrogen (secondary N) is 3. The second kappa shape index (κ2) is 11.7. The number of aromatic nitrogens is 2. The number of fused-ring (bicyclic) bond motifs is 1. The average Bonchev–Trinajstić information content (AvgIpc) is 3.52. The maximum absolute atomic E-state index is 15.1. The van der Waals surface area contributed by atoms with Gasteiger partial charge >= 0.3 is 0 Å². The molecule has 0 saturated heterocycles. The lowest BCUT2D eigenvalue weighted by Gasteiger charge is -2.31. The van der Waals surface area contributed by atoms with Gasteiger partial charge in [-0.2, -0.15) is 5.26 Å². The highest BCUT2D eigenvalue weighted by Gasteiger charge is 2.39. The van der Waals surface area contributed by atoms with Gasteiger partial charge in [0.2, 0.25) is 11.8 Å². The predicted molar refractivity (Wildman–Crippen MR) is 155 cm³/mol. The van der Waals surface area contributed by atoms with Crippen LogP contribution in [0.4, 0.5) is 21.7 Å². The van der Waals surface area contributed by atoms with Gasteiger partial charge in [0.25, 0.3) is 0 Å². The molecule has 214 valence electrons. The minimum absolute atomic E-state index is 0.0379. The lowest BCUT2D eigenvalue weighted by atomic mass is 9.85. The first kappa shape index (κ1) is 28.3. The largest absolute Gasteiger partial charge is 0.352 e. The van der Waals surface area contributed by atoms with Crippen molar-refractivity contribution in [2.45, 2.75) is 65.0 Å². The summed E-state index contributed by atoms with van der Waals surface area (Å²) in [5.74, 6) is 0.496. The second-order valence-electron chi connectivity index (χ2n) is 11.3. The number of nitriles is 1. The summed E-state index contributed by atoms with van der Waals surface area (Å²) in [5.41, 5.74) is 4.14. The van der Waals surface area contributed by atoms with Gasteiger partial charge in [0, 0.05) is 36.5 Å². The highest BCUT2D eigenvalue weighted by molar-refractivity contribution is 5.92. The number of benzene rings is 1. The summed E-state index contributed by atoms with van der Waals surface area (Å²) in [4.78, 5) is 32.9. The molecular formula is C31H36FN7O2. The van der Waals surface area contributed by atoms with Crippen molar-refractivity contribution >= 4 is 29.1 Å². The maximum Gasteiger partial charge on any atom is 0.234 e. The third-order valence-electron chi connectivity index (χ3n) is 8.09. The lowest BCUT2D eigenvalue weighted by molar-refractivity contribution is -0.124. The third-order valence-corrected chi connectivity index (χ3v) is 8.09. The van der Waals surface area contributed by atoms with Crippen molar-refractivity contribution in [3.63, 3.8) is 0 Å². The Morgan fingerprint density at radius 1 is 1.24 bits per heavy atom. The van der Waals surface area contributed by atoms with Crippen LogP contribution in [0.1, 0.15) is 63.1 Å². The number of anilines is 3. The second-order valence-corrected chi connectivity index (χ2v) is 11.3. The van der Waals surface area contributed by atoms with Gasteiger partial charge in [-0.1, -0.05) is 32.4 Å². The predicted octanol–water partition coefficient (Wildman–Crippen LogP) is 5.75. The van der Waals surface area contributed by atoms with E-state index in [0.717, 1.165) is 47.5 Å². The Morgan fingerprint density at radius 2 is 2.05 bits per heavy atom. The Labute approximate surface area is 239 Å². The first-order valence-electron chi connectivity index (χ1n) is 14.1. The number of carbonyl (C=O) groups is 2. The van der Waals surface area contributed by atoms with Crippen LogP contribution < -0.4 is 15.6 Å². The molecule has 1 aliphatic heterocycles. The fraction of sp³-hybridized carbons (Fsp3) is 0.419. The number of hydrogen-bond acceptors (Lipinski definition) is 6. The van der Waals surface area contributed by atoms with Crippen molar-refractivity contribution in [1.29, 1.82) is 5.26 Å². The van der Waals surface area contributed by atoms with Gasteiger partial charge in [-0.15, -0.1) is 0 Å². The normalized spacial score (nSPS) is 20.5. The van der Waals surface area contributed by atoms with E-state index >= 15 is 4.39 Å². The molecule has 2 aliphatic rings. The van der Waals surface area contributed by atoms with Crippen molar-refractivity contribution in [3.8, 4) is 17.3 Å². The number of para-hydroxylation sites is 1. The van der Waals surface area contributed by atoms with Crippen molar-refractivity contribution in [1.82, 2.24) is 20.3 Å². The minimum Gasteiger partial charge on any atom is -0.352 e. The van der Waals surface area contributed by atoms with Gasteiger partial charge in [0.1, 0.15) is 29.6 Å². The summed E-state index contributed by atoms with van der Waals surface area (Å²) in [5, 5.41) is 18.5. The Kier molecular flexibility index (Phi) is 8.08. The number of aromatic amines is 1. The van der Waals surface area contributed by atoms with E-state index in [9.17, 15) is 9.59 Å². The molecule has 1 aliphatic carbocycles. The first-order chi connectivity index (χ1) is 19.7. The number of rotatable bonds is 7. The molecular weight excluding hydrogens is 521 g/mol. The van der Waals surface area contributed by atoms with Gasteiger partial charge < -0.3 is 15.6 Å². The van der Waals surface area contributed by atoms with Crippen LogP contribution in [0.5, 0.6) is 0 Å². The molecule has 2 aromatic heterocycles. The lowest BCUT2D eigenvalue weighted by Crippen LogP contribution is -2.40. The maximum atomic E-state index is 15.1. The van der Waals surface area contributed by atoms with Crippen LogP contribution in [0.3, 0.4) is 0 Å². The van der Waals surface area contributed by atoms with Crippen LogP contribution in [-0.4, -0.2) is 39.9 Å². The highest BCUT2D eigenvalue weighted by atomic mass is 19.1. The zero-order valence-electron chi connectivity index (χ0n) is 23.9. The van der Waals surface area contributed by atoms with Crippen LogP contribution in [0, 0.1) is 35.9 Å². The molecule has 0 spiro atoms. The molecule has 3 atom stereocenters. The number of hydrazine groups is 1. The van der Waals surface area contributed by atoms with Gasteiger partial charge in [-0.3, -0.25) is 14.6 Å². The Bertz CT molecular complexity index is 1490. The Morgan fingerprint density at radius 3 is 2.80 bits per heavy atom. The highest BCUT2D eigenvalue weighted by Crippen LogP contribution is 2.47. The van der Waals surface area contributed by atoms with E-state index in [1.54, 1.807) is 12.3 Å². The van der Waals surface area contributed by atoms with Gasteiger partial charge in [-0.05, 0) is 67.5 Å². The standard InChI is InChI=1S/C31H36FN7O2/c1-18(2)29-22-9-6-10-24(32)30(22)39(38(29)4)27-12-11-25(36-27)23-16-26(34-17-19(23)3)37-31(41)20-7-5-8-21(15-20)35-28(40)13-14-33/h6,9-12,16-18,20-21,29,36H,5,7-8,13,15H2,1-4H3,(H,35,40)(H,34,37,41)/t20-,21+,29?/m0/s1. The summed E-state index contributed by atoms with van der Waals surface area (Å²) >= 11 is 0. The van der Waals surface area contributed by atoms with E-state index in [1.165, 1.54) is 6.07 Å². The summed E-state index contributed by atoms with van der Waals surface area (Å²) in [6.45, 7) is 6.22.